The summed E-state index contributed by atoms with van der Waals surface area (Å²) in [7, 11) is 0. The van der Waals surface area contributed by atoms with Crippen molar-refractivity contribution in [3.63, 3.8) is 0 Å². The van der Waals surface area contributed by atoms with Crippen LogP contribution in [0.5, 0.6) is 5.75 Å². The van der Waals surface area contributed by atoms with Crippen molar-refractivity contribution in [1.29, 1.82) is 0 Å². The van der Waals surface area contributed by atoms with Crippen LogP contribution in [0.4, 0.5) is 5.69 Å². The Hall–Kier alpha value is -2.62. The number of piperidine rings is 1. The largest absolute Gasteiger partial charge is 0.426 e. The fourth-order valence-corrected chi connectivity index (χ4v) is 4.40. The molecule has 29 heavy (non-hydrogen) atoms. The zero-order chi connectivity index (χ0) is 20.2. The molecule has 0 spiro atoms. The van der Waals surface area contributed by atoms with E-state index < -0.39 is 0 Å². The molecule has 1 fully saturated rings. The predicted octanol–water partition coefficient (Wildman–Crippen LogP) is 4.98. The van der Waals surface area contributed by atoms with Crippen LogP contribution in [0.15, 0.2) is 42.5 Å². The lowest BCUT2D eigenvalue weighted by atomic mass is 9.90. The van der Waals surface area contributed by atoms with E-state index in [1.54, 1.807) is 6.07 Å². The Morgan fingerprint density at radius 1 is 1.10 bits per heavy atom. The quantitative estimate of drug-likeness (QED) is 0.379. The summed E-state index contributed by atoms with van der Waals surface area (Å²) in [5, 5.41) is 0. The Labute approximate surface area is 172 Å². The van der Waals surface area contributed by atoms with Crippen LogP contribution in [0.2, 0.25) is 0 Å². The van der Waals surface area contributed by atoms with Gasteiger partial charge < -0.3 is 9.64 Å². The molecule has 2 aromatic carbocycles. The maximum atomic E-state index is 12.6. The van der Waals surface area contributed by atoms with Crippen molar-refractivity contribution in [2.24, 2.45) is 5.92 Å². The van der Waals surface area contributed by atoms with Crippen LogP contribution in [-0.2, 0) is 17.6 Å². The number of ether oxygens (including phenoxy) is 1. The van der Waals surface area contributed by atoms with E-state index in [1.165, 1.54) is 17.7 Å². The number of Topliss-reactive ketones (excluding diaryl/α,β-unsaturated/α-hetero) is 1. The van der Waals surface area contributed by atoms with E-state index in [1.807, 2.05) is 12.1 Å². The van der Waals surface area contributed by atoms with Gasteiger partial charge in [0.05, 0.1) is 6.42 Å². The van der Waals surface area contributed by atoms with Crippen LogP contribution in [0.25, 0.3) is 0 Å². The van der Waals surface area contributed by atoms with Crippen molar-refractivity contribution in [3.05, 3.63) is 59.2 Å². The standard InChI is InChI=1S/C25H29NO3/c1-2-3-18-4-9-22(10-5-18)26-14-12-19(13-15-26)6-11-23(27)20-7-8-21-17-25(28)29-24(21)16-20/h4-5,7-10,16,19H,2-3,6,11-15,17H2,1H3. The average molecular weight is 392 g/mol. The molecule has 0 amide bonds. The van der Waals surface area contributed by atoms with E-state index in [9.17, 15) is 9.59 Å². The number of rotatable bonds is 7. The molecule has 0 atom stereocenters. The predicted molar refractivity (Wildman–Crippen MR) is 115 cm³/mol. The molecule has 152 valence electrons. The zero-order valence-corrected chi connectivity index (χ0v) is 17.2. The molecule has 2 aromatic rings. The fraction of sp³-hybridized carbons (Fsp3) is 0.440. The summed E-state index contributed by atoms with van der Waals surface area (Å²) >= 11 is 0. The molecule has 0 unspecified atom stereocenters. The highest BCUT2D eigenvalue weighted by atomic mass is 16.5. The first-order valence-corrected chi connectivity index (χ1v) is 10.8. The lowest BCUT2D eigenvalue weighted by Gasteiger charge is -2.33. The van der Waals surface area contributed by atoms with Gasteiger partial charge in [-0.2, -0.15) is 0 Å². The summed E-state index contributed by atoms with van der Waals surface area (Å²) in [5.74, 6) is 1.06. The maximum Gasteiger partial charge on any atom is 0.315 e. The average Bonchev–Trinajstić information content (AvgIpc) is 3.12. The molecule has 4 nitrogen and oxygen atoms in total. The summed E-state index contributed by atoms with van der Waals surface area (Å²) in [6, 6.07) is 14.4. The van der Waals surface area contributed by atoms with Crippen LogP contribution in [-0.4, -0.2) is 24.8 Å². The molecule has 2 aliphatic rings. The van der Waals surface area contributed by atoms with E-state index in [2.05, 4.69) is 36.1 Å². The normalized spacial score (nSPS) is 16.6. The van der Waals surface area contributed by atoms with E-state index in [0.717, 1.165) is 44.3 Å². The number of hydrogen-bond donors (Lipinski definition) is 0. The maximum absolute atomic E-state index is 12.6. The van der Waals surface area contributed by atoms with Crippen LogP contribution in [0, 0.1) is 5.92 Å². The second-order valence-electron chi connectivity index (χ2n) is 8.28. The number of hydrogen-bond acceptors (Lipinski definition) is 4. The van der Waals surface area contributed by atoms with Gasteiger partial charge in [0.15, 0.2) is 5.78 Å². The van der Waals surface area contributed by atoms with Gasteiger partial charge in [-0.3, -0.25) is 9.59 Å². The molecular formula is C25H29NO3. The van der Waals surface area contributed by atoms with Crippen LogP contribution < -0.4 is 9.64 Å². The minimum absolute atomic E-state index is 0.143. The van der Waals surface area contributed by atoms with Gasteiger partial charge in [-0.25, -0.2) is 0 Å². The van der Waals surface area contributed by atoms with Gasteiger partial charge in [0.25, 0.3) is 0 Å². The monoisotopic (exact) mass is 391 g/mol. The van der Waals surface area contributed by atoms with Crippen molar-refractivity contribution in [1.82, 2.24) is 0 Å². The molecule has 4 heteroatoms. The summed E-state index contributed by atoms with van der Waals surface area (Å²) in [6.07, 6.45) is 6.38. The molecule has 2 aliphatic heterocycles. The van der Waals surface area contributed by atoms with Gasteiger partial charge in [-0.1, -0.05) is 37.6 Å². The van der Waals surface area contributed by atoms with Gasteiger partial charge in [-0.15, -0.1) is 0 Å². The Bertz CT molecular complexity index is 879. The number of esters is 1. The molecule has 0 bridgehead atoms. The van der Waals surface area contributed by atoms with Gasteiger partial charge in [0.2, 0.25) is 0 Å². The molecule has 0 N–H and O–H groups in total. The van der Waals surface area contributed by atoms with Crippen LogP contribution in [0.3, 0.4) is 0 Å². The highest BCUT2D eigenvalue weighted by Crippen LogP contribution is 2.29. The second-order valence-corrected chi connectivity index (χ2v) is 8.28. The minimum Gasteiger partial charge on any atom is -0.426 e. The van der Waals surface area contributed by atoms with Gasteiger partial charge in [0.1, 0.15) is 5.75 Å². The molecule has 2 heterocycles. The van der Waals surface area contributed by atoms with Crippen molar-refractivity contribution in [3.8, 4) is 5.75 Å². The fourth-order valence-electron chi connectivity index (χ4n) is 4.40. The third-order valence-electron chi connectivity index (χ3n) is 6.18. The van der Waals surface area contributed by atoms with Crippen molar-refractivity contribution >= 4 is 17.4 Å². The lowest BCUT2D eigenvalue weighted by molar-refractivity contribution is -0.131. The van der Waals surface area contributed by atoms with Gasteiger partial charge in [-0.05, 0) is 55.4 Å². The molecule has 1 saturated heterocycles. The number of carbonyl (C=O) groups is 2. The number of aryl methyl sites for hydroxylation is 1. The molecule has 0 saturated carbocycles. The summed E-state index contributed by atoms with van der Waals surface area (Å²) in [5.41, 5.74) is 4.25. The zero-order valence-electron chi connectivity index (χ0n) is 17.2. The first kappa shape index (κ1) is 19.7. The third-order valence-corrected chi connectivity index (χ3v) is 6.18. The highest BCUT2D eigenvalue weighted by molar-refractivity contribution is 5.97. The number of anilines is 1. The first-order chi connectivity index (χ1) is 14.1. The summed E-state index contributed by atoms with van der Waals surface area (Å²) < 4.78 is 5.17. The molecular weight excluding hydrogens is 362 g/mol. The van der Waals surface area contributed by atoms with Crippen LogP contribution in [0.1, 0.15) is 60.5 Å². The Morgan fingerprint density at radius 2 is 1.86 bits per heavy atom. The number of ketones is 1. The Morgan fingerprint density at radius 3 is 2.59 bits per heavy atom. The van der Waals surface area contributed by atoms with Crippen molar-refractivity contribution < 1.29 is 14.3 Å². The van der Waals surface area contributed by atoms with Crippen molar-refractivity contribution in [2.75, 3.05) is 18.0 Å². The first-order valence-electron chi connectivity index (χ1n) is 10.8. The highest BCUT2D eigenvalue weighted by Gasteiger charge is 2.23. The number of nitrogens with zero attached hydrogens (tertiary/aromatic N) is 1. The Kier molecular flexibility index (Phi) is 5.98. The van der Waals surface area contributed by atoms with E-state index in [-0.39, 0.29) is 11.8 Å². The van der Waals surface area contributed by atoms with Gasteiger partial charge in [0, 0.05) is 36.3 Å². The summed E-state index contributed by atoms with van der Waals surface area (Å²) in [4.78, 5) is 26.4. The van der Waals surface area contributed by atoms with Crippen LogP contribution >= 0.6 is 0 Å². The van der Waals surface area contributed by atoms with E-state index >= 15 is 0 Å². The third kappa shape index (κ3) is 4.69. The number of benzene rings is 2. The lowest BCUT2D eigenvalue weighted by Crippen LogP contribution is -2.33. The molecule has 0 aromatic heterocycles. The molecule has 4 rings (SSSR count). The van der Waals surface area contributed by atoms with Crippen molar-refractivity contribution in [2.45, 2.75) is 51.9 Å². The minimum atomic E-state index is -0.239. The van der Waals surface area contributed by atoms with E-state index in [0.29, 0.717) is 30.1 Å². The molecule has 0 radical (unpaired) electrons. The topological polar surface area (TPSA) is 46.6 Å². The van der Waals surface area contributed by atoms with E-state index in [4.69, 9.17) is 4.74 Å². The second kappa shape index (κ2) is 8.81. The summed E-state index contributed by atoms with van der Waals surface area (Å²) in [6.45, 7) is 4.32. The SMILES string of the molecule is CCCc1ccc(N2CCC(CCC(=O)c3ccc4c(c3)OC(=O)C4)CC2)cc1. The number of fused-ring (bicyclic) bond motifs is 1. The molecule has 0 aliphatic carbocycles. The number of carbonyl (C=O) groups excluding carboxylic acids is 2. The van der Waals surface area contributed by atoms with Gasteiger partial charge >= 0.3 is 5.97 Å². The Balaban J connectivity index is 1.25. The smallest absolute Gasteiger partial charge is 0.315 e.